The quantitative estimate of drug-likeness (QED) is 0.156. The number of likely N-dealkylation sites (N-methyl/N-ethyl adjacent to an activating group) is 1. The predicted octanol–water partition coefficient (Wildman–Crippen LogP) is 6.93. The lowest BCUT2D eigenvalue weighted by Crippen LogP contribution is -2.52. The Hall–Kier alpha value is -0.315. The molecule has 2 atom stereocenters. The molecule has 0 amide bonds. The number of rotatable bonds is 18. The molecule has 0 bridgehead atoms. The maximum atomic E-state index is 6.19. The van der Waals surface area contributed by atoms with Crippen LogP contribution < -0.4 is 5.32 Å². The molecule has 0 aromatic rings. The van der Waals surface area contributed by atoms with Crippen molar-refractivity contribution >= 4 is 7.12 Å². The highest BCUT2D eigenvalue weighted by Crippen LogP contribution is 2.17. The van der Waals surface area contributed by atoms with E-state index in [0.717, 1.165) is 19.5 Å². The second-order valence-corrected chi connectivity index (χ2v) is 8.42. The highest BCUT2D eigenvalue weighted by atomic mass is 16.6. The van der Waals surface area contributed by atoms with Gasteiger partial charge in [0.2, 0.25) is 0 Å². The first-order valence-corrected chi connectivity index (χ1v) is 12.5. The zero-order valence-electron chi connectivity index (χ0n) is 19.2. The summed E-state index contributed by atoms with van der Waals surface area (Å²) in [4.78, 5) is 0. The van der Waals surface area contributed by atoms with Crippen molar-refractivity contribution in [3.8, 4) is 0 Å². The van der Waals surface area contributed by atoms with E-state index >= 15 is 0 Å². The number of unbranched alkanes of at least 4 members (excludes halogenated alkanes) is 12. The second-order valence-electron chi connectivity index (χ2n) is 8.42. The normalized spacial score (nSPS) is 20.3. The molecular formula is C24H48BNO2. The molecule has 0 saturated carbocycles. The molecule has 164 valence electrons. The van der Waals surface area contributed by atoms with Crippen LogP contribution in [0.3, 0.4) is 0 Å². The first-order chi connectivity index (χ1) is 13.8. The summed E-state index contributed by atoms with van der Waals surface area (Å²) in [6.45, 7) is 8.37. The lowest BCUT2D eigenvalue weighted by molar-refractivity contribution is 0.0590. The molecule has 0 aromatic carbocycles. The monoisotopic (exact) mass is 393 g/mol. The Bertz CT molecular complexity index is 365. The number of allylic oxidation sites excluding steroid dienone is 1. The van der Waals surface area contributed by atoms with Crippen molar-refractivity contribution in [2.24, 2.45) is 0 Å². The lowest BCUT2D eigenvalue weighted by Gasteiger charge is -2.34. The third kappa shape index (κ3) is 13.0. The molecule has 0 aromatic heterocycles. The summed E-state index contributed by atoms with van der Waals surface area (Å²) < 4.78 is 12.1. The first kappa shape index (κ1) is 25.7. The fourth-order valence-corrected chi connectivity index (χ4v) is 3.91. The van der Waals surface area contributed by atoms with Gasteiger partial charge in [-0.3, -0.25) is 0 Å². The summed E-state index contributed by atoms with van der Waals surface area (Å²) >= 11 is 0. The Morgan fingerprint density at radius 1 is 0.821 bits per heavy atom. The number of hydrogen-bond acceptors (Lipinski definition) is 3. The molecule has 1 rings (SSSR count). The zero-order valence-corrected chi connectivity index (χ0v) is 19.2. The summed E-state index contributed by atoms with van der Waals surface area (Å²) in [7, 11) is -0.0218. The predicted molar refractivity (Wildman–Crippen MR) is 124 cm³/mol. The molecule has 0 radical (unpaired) electrons. The van der Waals surface area contributed by atoms with E-state index in [1.807, 2.05) is 0 Å². The van der Waals surface area contributed by atoms with Crippen LogP contribution in [0, 0.1) is 0 Å². The average molecular weight is 393 g/mol. The van der Waals surface area contributed by atoms with Crippen molar-refractivity contribution in [2.45, 2.75) is 129 Å². The Balaban J connectivity index is 2.08. The van der Waals surface area contributed by atoms with Crippen LogP contribution in [0.15, 0.2) is 12.2 Å². The molecule has 1 aliphatic rings. The summed E-state index contributed by atoms with van der Waals surface area (Å²) in [5, 5.41) is 3.51. The van der Waals surface area contributed by atoms with Crippen LogP contribution in [0.1, 0.15) is 111 Å². The van der Waals surface area contributed by atoms with Gasteiger partial charge in [-0.25, -0.2) is 0 Å². The van der Waals surface area contributed by atoms with Crippen LogP contribution in [-0.4, -0.2) is 32.4 Å². The van der Waals surface area contributed by atoms with Gasteiger partial charge in [-0.1, -0.05) is 110 Å². The van der Waals surface area contributed by atoms with E-state index in [4.69, 9.17) is 9.31 Å². The maximum Gasteiger partial charge on any atom is 0.457 e. The van der Waals surface area contributed by atoms with Gasteiger partial charge in [-0.15, -0.1) is 0 Å². The molecule has 4 heteroatoms. The lowest BCUT2D eigenvalue weighted by atomic mass is 9.80. The average Bonchev–Trinajstić information content (AvgIpc) is 2.71. The second kappa shape index (κ2) is 18.7. The van der Waals surface area contributed by atoms with Crippen molar-refractivity contribution in [3.05, 3.63) is 12.2 Å². The molecular weight excluding hydrogens is 345 g/mol. The Kier molecular flexibility index (Phi) is 17.2. The van der Waals surface area contributed by atoms with Gasteiger partial charge >= 0.3 is 7.12 Å². The van der Waals surface area contributed by atoms with Gasteiger partial charge in [0, 0.05) is 6.61 Å². The highest BCUT2D eigenvalue weighted by molar-refractivity contribution is 6.44. The third-order valence-corrected chi connectivity index (χ3v) is 5.73. The van der Waals surface area contributed by atoms with E-state index < -0.39 is 0 Å². The van der Waals surface area contributed by atoms with Crippen molar-refractivity contribution in [1.82, 2.24) is 5.32 Å². The van der Waals surface area contributed by atoms with Crippen LogP contribution >= 0.6 is 0 Å². The van der Waals surface area contributed by atoms with E-state index in [-0.39, 0.29) is 19.3 Å². The highest BCUT2D eigenvalue weighted by Gasteiger charge is 2.32. The van der Waals surface area contributed by atoms with Crippen LogP contribution in [0.2, 0.25) is 6.32 Å². The van der Waals surface area contributed by atoms with Gasteiger partial charge in [0.1, 0.15) is 0 Å². The van der Waals surface area contributed by atoms with Crippen molar-refractivity contribution in [2.75, 3.05) is 13.2 Å². The maximum absolute atomic E-state index is 6.19. The zero-order chi connectivity index (χ0) is 20.3. The number of hydrogen-bond donors (Lipinski definition) is 1. The molecule has 0 aliphatic carbocycles. The van der Waals surface area contributed by atoms with E-state index in [9.17, 15) is 0 Å². The minimum atomic E-state index is -0.0218. The van der Waals surface area contributed by atoms with Gasteiger partial charge in [0.05, 0.1) is 12.1 Å². The fourth-order valence-electron chi connectivity index (χ4n) is 3.91. The molecule has 28 heavy (non-hydrogen) atoms. The molecule has 2 unspecified atom stereocenters. The Morgan fingerprint density at radius 3 is 2.04 bits per heavy atom. The minimum Gasteiger partial charge on any atom is -0.409 e. The molecule has 3 nitrogen and oxygen atoms in total. The number of nitrogens with one attached hydrogen (secondary N) is 1. The SMILES string of the molecule is CCCCCCCCCCCCC/C=C/C1OB(CCCC)OCC1NCC. The third-order valence-electron chi connectivity index (χ3n) is 5.73. The topological polar surface area (TPSA) is 30.5 Å². The fraction of sp³-hybridized carbons (Fsp3) is 0.917. The van der Waals surface area contributed by atoms with E-state index in [2.05, 4.69) is 38.2 Å². The smallest absolute Gasteiger partial charge is 0.409 e. The van der Waals surface area contributed by atoms with E-state index in [1.54, 1.807) is 0 Å². The van der Waals surface area contributed by atoms with Gasteiger partial charge in [0.15, 0.2) is 0 Å². The molecule has 1 heterocycles. The Morgan fingerprint density at radius 2 is 1.43 bits per heavy atom. The van der Waals surface area contributed by atoms with Crippen molar-refractivity contribution in [3.63, 3.8) is 0 Å². The Labute approximate surface area is 176 Å². The summed E-state index contributed by atoms with van der Waals surface area (Å²) in [5.41, 5.74) is 0. The van der Waals surface area contributed by atoms with E-state index in [1.165, 1.54) is 89.9 Å². The van der Waals surface area contributed by atoms with Crippen molar-refractivity contribution in [1.29, 1.82) is 0 Å². The molecule has 1 aliphatic heterocycles. The molecule has 1 saturated heterocycles. The largest absolute Gasteiger partial charge is 0.457 e. The van der Waals surface area contributed by atoms with Crippen LogP contribution in [0.4, 0.5) is 0 Å². The minimum absolute atomic E-state index is 0.0218. The van der Waals surface area contributed by atoms with Crippen LogP contribution in [0.25, 0.3) is 0 Å². The summed E-state index contributed by atoms with van der Waals surface area (Å²) in [6, 6.07) is 0.288. The van der Waals surface area contributed by atoms with Crippen molar-refractivity contribution < 1.29 is 9.31 Å². The molecule has 1 fully saturated rings. The summed E-state index contributed by atoms with van der Waals surface area (Å²) in [5.74, 6) is 0. The van der Waals surface area contributed by atoms with Gasteiger partial charge in [-0.2, -0.15) is 0 Å². The summed E-state index contributed by atoms with van der Waals surface area (Å²) in [6.07, 6.45) is 24.8. The standard InChI is InChI=1S/C24H48BNO2/c1-4-7-9-10-11-12-13-14-15-16-17-18-19-20-24-23(26-6-3)22-27-25(28-24)21-8-5-2/h19-20,23-24,26H,4-18,21-22H2,1-3H3/b20-19+. The van der Waals surface area contributed by atoms with Gasteiger partial charge in [-0.05, 0) is 25.7 Å². The van der Waals surface area contributed by atoms with E-state index in [0.29, 0.717) is 0 Å². The van der Waals surface area contributed by atoms with Crippen LogP contribution in [-0.2, 0) is 9.31 Å². The van der Waals surface area contributed by atoms with Crippen LogP contribution in [0.5, 0.6) is 0 Å². The first-order valence-electron chi connectivity index (χ1n) is 12.5. The molecule has 1 N–H and O–H groups in total. The molecule has 0 spiro atoms. The van der Waals surface area contributed by atoms with Gasteiger partial charge in [0.25, 0.3) is 0 Å². The van der Waals surface area contributed by atoms with Gasteiger partial charge < -0.3 is 14.6 Å².